The molecule has 2 atom stereocenters. The van der Waals surface area contributed by atoms with Gasteiger partial charge in [0.25, 0.3) is 0 Å². The van der Waals surface area contributed by atoms with Crippen molar-refractivity contribution in [3.05, 3.63) is 36.0 Å². The summed E-state index contributed by atoms with van der Waals surface area (Å²) in [5.41, 5.74) is 5.95. The number of aryl methyl sites for hydroxylation is 2. The van der Waals surface area contributed by atoms with Gasteiger partial charge in [-0.15, -0.1) is 0 Å². The predicted molar refractivity (Wildman–Crippen MR) is 129 cm³/mol. The van der Waals surface area contributed by atoms with Crippen LogP contribution < -0.4 is 10.2 Å². The molecule has 2 unspecified atom stereocenters. The quantitative estimate of drug-likeness (QED) is 0.498. The van der Waals surface area contributed by atoms with Crippen molar-refractivity contribution in [1.29, 1.82) is 0 Å². The minimum atomic E-state index is 0.242. The van der Waals surface area contributed by atoms with Crippen molar-refractivity contribution >= 4 is 32.3 Å². The summed E-state index contributed by atoms with van der Waals surface area (Å²) in [6.07, 6.45) is 10.8. The Morgan fingerprint density at radius 3 is 2.56 bits per heavy atom. The van der Waals surface area contributed by atoms with Gasteiger partial charge in [0.15, 0.2) is 10.8 Å². The molecule has 6 heterocycles. The largest absolute Gasteiger partial charge is 0.348 e. The Balaban J connectivity index is 1.33. The van der Waals surface area contributed by atoms with E-state index in [0.717, 1.165) is 56.6 Å². The summed E-state index contributed by atoms with van der Waals surface area (Å²) in [6.45, 7) is 8.75. The van der Waals surface area contributed by atoms with Crippen LogP contribution in [0.3, 0.4) is 0 Å². The molecule has 8 heteroatoms. The van der Waals surface area contributed by atoms with E-state index in [4.69, 9.17) is 9.97 Å². The maximum atomic E-state index is 4.93. The fraction of sp³-hybridized carbons (Fsp3) is 0.500. The third kappa shape index (κ3) is 3.19. The van der Waals surface area contributed by atoms with E-state index in [-0.39, 0.29) is 11.1 Å². The zero-order valence-electron chi connectivity index (χ0n) is 19.3. The molecule has 0 aliphatic carbocycles. The Kier molecular flexibility index (Phi) is 4.21. The summed E-state index contributed by atoms with van der Waals surface area (Å²) in [6, 6.07) is 2.62. The zero-order valence-corrected chi connectivity index (χ0v) is 20.1. The van der Waals surface area contributed by atoms with E-state index in [1.54, 1.807) is 11.3 Å². The average Bonchev–Trinajstić information content (AvgIpc) is 3.40. The van der Waals surface area contributed by atoms with Gasteiger partial charge in [0.2, 0.25) is 0 Å². The van der Waals surface area contributed by atoms with E-state index >= 15 is 0 Å². The van der Waals surface area contributed by atoms with Crippen LogP contribution in [0.1, 0.15) is 50.9 Å². The van der Waals surface area contributed by atoms with E-state index in [0.29, 0.717) is 6.04 Å². The first-order chi connectivity index (χ1) is 15.2. The van der Waals surface area contributed by atoms with Crippen LogP contribution >= 0.6 is 11.3 Å². The van der Waals surface area contributed by atoms with Gasteiger partial charge < -0.3 is 14.6 Å². The van der Waals surface area contributed by atoms with Gasteiger partial charge in [-0.2, -0.15) is 0 Å². The van der Waals surface area contributed by atoms with Gasteiger partial charge in [-0.25, -0.2) is 9.97 Å². The van der Waals surface area contributed by atoms with Crippen molar-refractivity contribution in [2.45, 2.75) is 70.5 Å². The highest BCUT2D eigenvalue weighted by molar-refractivity contribution is 7.22. The number of rotatable bonds is 3. The van der Waals surface area contributed by atoms with Crippen LogP contribution in [0, 0.1) is 13.8 Å². The number of fused-ring (bicyclic) bond motifs is 4. The molecule has 0 spiro atoms. The molecule has 166 valence electrons. The van der Waals surface area contributed by atoms with Gasteiger partial charge in [-0.1, -0.05) is 11.3 Å². The second kappa shape index (κ2) is 6.71. The number of piperidine rings is 1. The molecule has 0 aromatic carbocycles. The molecule has 7 nitrogen and oxygen atoms in total. The van der Waals surface area contributed by atoms with Crippen LogP contribution in [0.4, 0.5) is 5.13 Å². The molecule has 4 aromatic heterocycles. The number of imidazole rings is 1. The maximum Gasteiger partial charge on any atom is 0.186 e. The molecule has 2 saturated heterocycles. The van der Waals surface area contributed by atoms with Crippen LogP contribution in [0.15, 0.2) is 24.7 Å². The summed E-state index contributed by atoms with van der Waals surface area (Å²) in [4.78, 5) is 21.3. The molecule has 2 aliphatic rings. The van der Waals surface area contributed by atoms with E-state index in [1.807, 2.05) is 36.8 Å². The van der Waals surface area contributed by atoms with Gasteiger partial charge >= 0.3 is 0 Å². The summed E-state index contributed by atoms with van der Waals surface area (Å²) < 4.78 is 3.19. The minimum Gasteiger partial charge on any atom is -0.348 e. The highest BCUT2D eigenvalue weighted by atomic mass is 32.1. The summed E-state index contributed by atoms with van der Waals surface area (Å²) >= 11 is 1.75. The van der Waals surface area contributed by atoms with Gasteiger partial charge in [-0.3, -0.25) is 9.97 Å². The highest BCUT2D eigenvalue weighted by Crippen LogP contribution is 2.44. The third-order valence-corrected chi connectivity index (χ3v) is 8.41. The van der Waals surface area contributed by atoms with Gasteiger partial charge in [-0.05, 0) is 59.4 Å². The molecule has 0 amide bonds. The number of anilines is 1. The van der Waals surface area contributed by atoms with Crippen molar-refractivity contribution < 1.29 is 0 Å². The minimum absolute atomic E-state index is 0.242. The van der Waals surface area contributed by atoms with Gasteiger partial charge in [0.05, 0.1) is 28.0 Å². The Hall–Kier alpha value is -2.58. The fourth-order valence-electron chi connectivity index (χ4n) is 5.79. The van der Waals surface area contributed by atoms with Crippen molar-refractivity contribution in [2.75, 3.05) is 11.9 Å². The van der Waals surface area contributed by atoms with Crippen LogP contribution in [-0.4, -0.2) is 48.5 Å². The second-order valence-electron chi connectivity index (χ2n) is 10.3. The first-order valence-electron chi connectivity index (χ1n) is 11.3. The number of hydrogen-bond acceptors (Lipinski definition) is 7. The van der Waals surface area contributed by atoms with E-state index in [9.17, 15) is 0 Å². The molecular formula is C24H29N7S. The average molecular weight is 448 g/mol. The lowest BCUT2D eigenvalue weighted by Gasteiger charge is -2.45. The lowest BCUT2D eigenvalue weighted by molar-refractivity contribution is 0.208. The van der Waals surface area contributed by atoms with Crippen LogP contribution in [0.5, 0.6) is 0 Å². The lowest BCUT2D eigenvalue weighted by atomic mass is 9.84. The number of nitrogens with zero attached hydrogens (tertiary/aromatic N) is 6. The Morgan fingerprint density at radius 1 is 1.06 bits per heavy atom. The summed E-state index contributed by atoms with van der Waals surface area (Å²) in [5, 5.41) is 4.96. The van der Waals surface area contributed by atoms with Crippen molar-refractivity contribution in [3.63, 3.8) is 0 Å². The third-order valence-electron chi connectivity index (χ3n) is 7.31. The van der Waals surface area contributed by atoms with Crippen LogP contribution in [0.2, 0.25) is 0 Å². The Morgan fingerprint density at radius 2 is 1.81 bits per heavy atom. The van der Waals surface area contributed by atoms with E-state index < -0.39 is 0 Å². The first-order valence-corrected chi connectivity index (χ1v) is 12.1. The molecule has 4 aromatic rings. The highest BCUT2D eigenvalue weighted by Gasteiger charge is 2.49. The summed E-state index contributed by atoms with van der Waals surface area (Å²) in [7, 11) is 2.20. The maximum absolute atomic E-state index is 4.93. The van der Waals surface area contributed by atoms with E-state index in [1.165, 1.54) is 12.8 Å². The first kappa shape index (κ1) is 20.1. The van der Waals surface area contributed by atoms with Crippen LogP contribution in [0.25, 0.3) is 27.3 Å². The second-order valence-corrected chi connectivity index (χ2v) is 11.3. The number of hydrogen-bond donors (Lipinski definition) is 1. The number of aromatic nitrogens is 5. The van der Waals surface area contributed by atoms with Crippen LogP contribution in [-0.2, 0) is 0 Å². The van der Waals surface area contributed by atoms with Gasteiger partial charge in [0, 0.05) is 36.6 Å². The van der Waals surface area contributed by atoms with Crippen molar-refractivity contribution in [2.24, 2.45) is 0 Å². The molecule has 32 heavy (non-hydrogen) atoms. The zero-order chi connectivity index (χ0) is 22.3. The number of pyridine rings is 1. The summed E-state index contributed by atoms with van der Waals surface area (Å²) in [5.74, 6) is 0. The smallest absolute Gasteiger partial charge is 0.186 e. The molecular weight excluding hydrogens is 418 g/mol. The SMILES string of the molecule is Cc1cn2cc(-c3cc4sc(N(C)C5CC6(C)CCC(C)(C5)N6)nc4cn3)nc2c(C)n1. The number of thiazole rings is 1. The normalized spacial score (nSPS) is 27.5. The van der Waals surface area contributed by atoms with Gasteiger partial charge in [0.1, 0.15) is 11.2 Å². The Labute approximate surface area is 191 Å². The van der Waals surface area contributed by atoms with Crippen molar-refractivity contribution in [1.82, 2.24) is 29.7 Å². The molecule has 2 aliphatic heterocycles. The topological polar surface area (TPSA) is 71.2 Å². The number of nitrogens with one attached hydrogen (secondary N) is 1. The molecule has 0 saturated carbocycles. The lowest BCUT2D eigenvalue weighted by Crippen LogP contribution is -2.58. The monoisotopic (exact) mass is 447 g/mol. The molecule has 2 fully saturated rings. The Bertz CT molecular complexity index is 1340. The molecule has 0 radical (unpaired) electrons. The fourth-order valence-corrected chi connectivity index (χ4v) is 6.80. The van der Waals surface area contributed by atoms with E-state index in [2.05, 4.69) is 47.1 Å². The standard InChI is InChI=1S/C24H29N7S/c1-14-12-31-13-19(27-21(31)15(2)26-14)17-8-20-18(11-25-17)28-22(32-20)30(5)16-9-23(3)6-7-24(4,10-16)29-23/h8,11-13,16,29H,6-7,9-10H2,1-5H3. The molecule has 1 N–H and O–H groups in total. The predicted octanol–water partition coefficient (Wildman–Crippen LogP) is 4.52. The van der Waals surface area contributed by atoms with Crippen molar-refractivity contribution in [3.8, 4) is 11.4 Å². The molecule has 2 bridgehead atoms. The molecule has 6 rings (SSSR count).